The number of hydrogen-bond acceptors (Lipinski definition) is 2. The van der Waals surface area contributed by atoms with Crippen LogP contribution in [-0.2, 0) is 9.59 Å². The lowest BCUT2D eigenvalue weighted by Gasteiger charge is -2.23. The van der Waals surface area contributed by atoms with Crippen molar-refractivity contribution in [3.63, 3.8) is 0 Å². The molecule has 0 spiro atoms. The zero-order valence-corrected chi connectivity index (χ0v) is 11.2. The summed E-state index contributed by atoms with van der Waals surface area (Å²) in [5, 5.41) is 5.65. The summed E-state index contributed by atoms with van der Waals surface area (Å²) in [4.78, 5) is 23.2. The van der Waals surface area contributed by atoms with Crippen LogP contribution in [0.15, 0.2) is 30.3 Å². The highest BCUT2D eigenvalue weighted by molar-refractivity contribution is 5.88. The third-order valence-electron chi connectivity index (χ3n) is 3.50. The minimum absolute atomic E-state index is 0.0255. The minimum atomic E-state index is -0.357. The molecule has 19 heavy (non-hydrogen) atoms. The van der Waals surface area contributed by atoms with E-state index in [4.69, 9.17) is 0 Å². The number of carbonyl (C=O) groups excluding carboxylic acids is 2. The molecular weight excluding hydrogens is 240 g/mol. The molecule has 1 fully saturated rings. The first-order chi connectivity index (χ1) is 9.16. The molecule has 4 nitrogen and oxygen atoms in total. The van der Waals surface area contributed by atoms with Gasteiger partial charge in [-0.1, -0.05) is 37.3 Å². The maximum absolute atomic E-state index is 12.0. The molecule has 2 rings (SSSR count). The SMILES string of the molecule is C[C@H](CNC(=O)[C@H]1CCCC(=O)N1)c1ccccc1. The fourth-order valence-electron chi connectivity index (χ4n) is 2.28. The molecule has 2 N–H and O–H groups in total. The lowest BCUT2D eigenvalue weighted by Crippen LogP contribution is -2.49. The normalized spacial score (nSPS) is 20.5. The maximum Gasteiger partial charge on any atom is 0.242 e. The standard InChI is InChI=1S/C15H20N2O2/c1-11(12-6-3-2-4-7-12)10-16-15(19)13-8-5-9-14(18)17-13/h2-4,6-7,11,13H,5,8-10H2,1H3,(H,16,19)(H,17,18)/t11-,13-/m1/s1. The van der Waals surface area contributed by atoms with Crippen molar-refractivity contribution in [1.29, 1.82) is 0 Å². The Labute approximate surface area is 113 Å². The fourth-order valence-corrected chi connectivity index (χ4v) is 2.28. The van der Waals surface area contributed by atoms with Gasteiger partial charge in [0.05, 0.1) is 0 Å². The molecule has 4 heteroatoms. The number of amides is 2. The number of hydrogen-bond donors (Lipinski definition) is 2. The molecule has 0 saturated carbocycles. The summed E-state index contributed by atoms with van der Waals surface area (Å²) in [6.45, 7) is 2.67. The zero-order valence-electron chi connectivity index (χ0n) is 11.2. The molecule has 1 aliphatic heterocycles. The van der Waals surface area contributed by atoms with Crippen molar-refractivity contribution in [2.45, 2.75) is 38.1 Å². The highest BCUT2D eigenvalue weighted by Crippen LogP contribution is 2.13. The summed E-state index contributed by atoms with van der Waals surface area (Å²) in [6, 6.07) is 9.72. The molecule has 1 aromatic carbocycles. The molecule has 1 aromatic rings. The van der Waals surface area contributed by atoms with Crippen molar-refractivity contribution in [3.05, 3.63) is 35.9 Å². The lowest BCUT2D eigenvalue weighted by molar-refractivity contribution is -0.131. The van der Waals surface area contributed by atoms with E-state index in [2.05, 4.69) is 29.7 Å². The molecule has 0 aliphatic carbocycles. The Morgan fingerprint density at radius 2 is 2.16 bits per heavy atom. The molecule has 102 valence electrons. The van der Waals surface area contributed by atoms with E-state index < -0.39 is 0 Å². The van der Waals surface area contributed by atoms with Gasteiger partial charge in [0, 0.05) is 13.0 Å². The second-order valence-corrected chi connectivity index (χ2v) is 5.07. The first-order valence-electron chi connectivity index (χ1n) is 6.79. The van der Waals surface area contributed by atoms with Crippen molar-refractivity contribution in [1.82, 2.24) is 10.6 Å². The summed E-state index contributed by atoms with van der Waals surface area (Å²) in [5.74, 6) is 0.169. The second kappa shape index (κ2) is 6.36. The molecule has 1 aliphatic rings. The van der Waals surface area contributed by atoms with Crippen molar-refractivity contribution in [2.24, 2.45) is 0 Å². The maximum atomic E-state index is 12.0. The van der Waals surface area contributed by atoms with Crippen molar-refractivity contribution in [3.8, 4) is 0 Å². The smallest absolute Gasteiger partial charge is 0.242 e. The highest BCUT2D eigenvalue weighted by Gasteiger charge is 2.24. The average molecular weight is 260 g/mol. The minimum Gasteiger partial charge on any atom is -0.354 e. The van der Waals surface area contributed by atoms with Crippen LogP contribution < -0.4 is 10.6 Å². The van der Waals surface area contributed by atoms with E-state index in [-0.39, 0.29) is 23.8 Å². The third-order valence-corrected chi connectivity index (χ3v) is 3.50. The fraction of sp³-hybridized carbons (Fsp3) is 0.467. The van der Waals surface area contributed by atoms with E-state index >= 15 is 0 Å². The molecule has 0 radical (unpaired) electrons. The van der Waals surface area contributed by atoms with Crippen LogP contribution in [0.1, 0.15) is 37.7 Å². The van der Waals surface area contributed by atoms with Crippen LogP contribution >= 0.6 is 0 Å². The quantitative estimate of drug-likeness (QED) is 0.863. The second-order valence-electron chi connectivity index (χ2n) is 5.07. The van der Waals surface area contributed by atoms with Crippen LogP contribution in [0.2, 0.25) is 0 Å². The van der Waals surface area contributed by atoms with Gasteiger partial charge in [0.2, 0.25) is 11.8 Å². The Morgan fingerprint density at radius 3 is 2.84 bits per heavy atom. The van der Waals surface area contributed by atoms with Crippen LogP contribution in [0.3, 0.4) is 0 Å². The van der Waals surface area contributed by atoms with Gasteiger partial charge in [-0.15, -0.1) is 0 Å². The Morgan fingerprint density at radius 1 is 1.42 bits per heavy atom. The number of carbonyl (C=O) groups is 2. The van der Waals surface area contributed by atoms with Crippen LogP contribution in [0.25, 0.3) is 0 Å². The van der Waals surface area contributed by atoms with Gasteiger partial charge in [0.1, 0.15) is 6.04 Å². The third kappa shape index (κ3) is 3.81. The molecule has 0 unspecified atom stereocenters. The van der Waals surface area contributed by atoms with E-state index in [0.29, 0.717) is 13.0 Å². The largest absolute Gasteiger partial charge is 0.354 e. The number of rotatable bonds is 4. The van der Waals surface area contributed by atoms with Crippen LogP contribution in [-0.4, -0.2) is 24.4 Å². The van der Waals surface area contributed by atoms with E-state index in [1.165, 1.54) is 5.56 Å². The zero-order chi connectivity index (χ0) is 13.7. The monoisotopic (exact) mass is 260 g/mol. The predicted molar refractivity (Wildman–Crippen MR) is 73.6 cm³/mol. The Balaban J connectivity index is 1.81. The summed E-state index contributed by atoms with van der Waals surface area (Å²) >= 11 is 0. The predicted octanol–water partition coefficient (Wildman–Crippen LogP) is 1.57. The number of benzene rings is 1. The van der Waals surface area contributed by atoms with E-state index in [1.54, 1.807) is 0 Å². The van der Waals surface area contributed by atoms with Gasteiger partial charge in [-0.05, 0) is 24.3 Å². The van der Waals surface area contributed by atoms with Crippen LogP contribution in [0, 0.1) is 0 Å². The summed E-state index contributed by atoms with van der Waals surface area (Å²) in [7, 11) is 0. The van der Waals surface area contributed by atoms with Gasteiger partial charge in [-0.3, -0.25) is 9.59 Å². The topological polar surface area (TPSA) is 58.2 Å². The van der Waals surface area contributed by atoms with Crippen molar-refractivity contribution in [2.75, 3.05) is 6.54 Å². The molecular formula is C15H20N2O2. The summed E-state index contributed by atoms with van der Waals surface area (Å²) < 4.78 is 0. The molecule has 2 amide bonds. The molecule has 0 aromatic heterocycles. The Kier molecular flexibility index (Phi) is 4.55. The van der Waals surface area contributed by atoms with Gasteiger partial charge >= 0.3 is 0 Å². The van der Waals surface area contributed by atoms with Gasteiger partial charge in [-0.25, -0.2) is 0 Å². The first-order valence-corrected chi connectivity index (χ1v) is 6.79. The van der Waals surface area contributed by atoms with E-state index in [0.717, 1.165) is 12.8 Å². The Hall–Kier alpha value is -1.84. The lowest BCUT2D eigenvalue weighted by atomic mass is 10.0. The number of nitrogens with one attached hydrogen (secondary N) is 2. The average Bonchev–Trinajstić information content (AvgIpc) is 2.45. The van der Waals surface area contributed by atoms with Crippen LogP contribution in [0.5, 0.6) is 0 Å². The van der Waals surface area contributed by atoms with Gasteiger partial charge < -0.3 is 10.6 Å². The van der Waals surface area contributed by atoms with E-state index in [1.807, 2.05) is 18.2 Å². The first kappa shape index (κ1) is 13.6. The van der Waals surface area contributed by atoms with Gasteiger partial charge in [-0.2, -0.15) is 0 Å². The summed E-state index contributed by atoms with van der Waals surface area (Å²) in [5.41, 5.74) is 1.20. The van der Waals surface area contributed by atoms with Crippen LogP contribution in [0.4, 0.5) is 0 Å². The molecule has 2 atom stereocenters. The number of piperidine rings is 1. The van der Waals surface area contributed by atoms with Gasteiger partial charge in [0.15, 0.2) is 0 Å². The molecule has 1 saturated heterocycles. The van der Waals surface area contributed by atoms with Crippen molar-refractivity contribution >= 4 is 11.8 Å². The Bertz CT molecular complexity index is 445. The molecule has 0 bridgehead atoms. The van der Waals surface area contributed by atoms with Crippen molar-refractivity contribution < 1.29 is 9.59 Å². The molecule has 1 heterocycles. The van der Waals surface area contributed by atoms with E-state index in [9.17, 15) is 9.59 Å². The summed E-state index contributed by atoms with van der Waals surface area (Å²) in [6.07, 6.45) is 2.06. The highest BCUT2D eigenvalue weighted by atomic mass is 16.2. The van der Waals surface area contributed by atoms with Gasteiger partial charge in [0.25, 0.3) is 0 Å².